The van der Waals surface area contributed by atoms with Crippen LogP contribution in [0.25, 0.3) is 0 Å². The van der Waals surface area contributed by atoms with Gasteiger partial charge in [-0.2, -0.15) is 0 Å². The molecule has 1 amide bonds. The minimum Gasteiger partial charge on any atom is -0.397 e. The van der Waals surface area contributed by atoms with E-state index in [0.717, 1.165) is 0 Å². The van der Waals surface area contributed by atoms with Crippen LogP contribution in [0.3, 0.4) is 0 Å². The summed E-state index contributed by atoms with van der Waals surface area (Å²) in [6, 6.07) is 2.52. The number of carbonyl (C=O) groups excluding carboxylic acids is 1. The first-order valence-electron chi connectivity index (χ1n) is 5.68. The lowest BCUT2D eigenvalue weighted by Gasteiger charge is -2.18. The highest BCUT2D eigenvalue weighted by atomic mass is 35.5. The number of carbonyl (C=O) groups is 1. The number of hydrogen-bond acceptors (Lipinski definition) is 5. The summed E-state index contributed by atoms with van der Waals surface area (Å²) in [6.45, 7) is 0.858. The lowest BCUT2D eigenvalue weighted by molar-refractivity contribution is -0.384. The number of hydrogen-bond donors (Lipinski definition) is 2. The monoisotopic (exact) mass is 284 g/mol. The number of anilines is 2. The van der Waals surface area contributed by atoms with E-state index in [1.807, 2.05) is 0 Å². The Morgan fingerprint density at radius 3 is 2.74 bits per heavy atom. The second-order valence-corrected chi connectivity index (χ2v) is 4.84. The molecule has 4 N–H and O–H groups in total. The molecule has 7 nitrogen and oxygen atoms in total. The van der Waals surface area contributed by atoms with Gasteiger partial charge in [0, 0.05) is 19.0 Å². The Morgan fingerprint density at radius 2 is 2.21 bits per heavy atom. The fourth-order valence-electron chi connectivity index (χ4n) is 2.11. The quantitative estimate of drug-likeness (QED) is 0.490. The van der Waals surface area contributed by atoms with Crippen molar-refractivity contribution in [1.82, 2.24) is 0 Å². The van der Waals surface area contributed by atoms with Gasteiger partial charge in [-0.25, -0.2) is 0 Å². The minimum absolute atomic E-state index is 0.0433. The summed E-state index contributed by atoms with van der Waals surface area (Å²) in [4.78, 5) is 23.5. The van der Waals surface area contributed by atoms with Gasteiger partial charge in [-0.05, 0) is 18.5 Å². The third kappa shape index (κ3) is 2.47. The number of nitro benzene ring substituents is 1. The normalized spacial score (nSPS) is 18.9. The van der Waals surface area contributed by atoms with Crippen LogP contribution in [0.1, 0.15) is 6.42 Å². The molecule has 102 valence electrons. The second kappa shape index (κ2) is 5.02. The first-order valence-corrected chi connectivity index (χ1v) is 6.05. The van der Waals surface area contributed by atoms with Gasteiger partial charge in [-0.3, -0.25) is 14.9 Å². The number of nitro groups is 1. The van der Waals surface area contributed by atoms with E-state index < -0.39 is 4.92 Å². The average molecular weight is 285 g/mol. The van der Waals surface area contributed by atoms with Gasteiger partial charge in [0.1, 0.15) is 5.02 Å². The molecule has 0 bridgehead atoms. The maximum Gasteiger partial charge on any atom is 0.290 e. The zero-order chi connectivity index (χ0) is 14.2. The lowest BCUT2D eigenvalue weighted by Crippen LogP contribution is -2.26. The molecule has 0 aromatic heterocycles. The summed E-state index contributed by atoms with van der Waals surface area (Å²) in [7, 11) is 0. The van der Waals surface area contributed by atoms with Crippen LogP contribution in [0.2, 0.25) is 5.02 Å². The van der Waals surface area contributed by atoms with Gasteiger partial charge >= 0.3 is 0 Å². The molecule has 0 spiro atoms. The molecule has 8 heteroatoms. The van der Waals surface area contributed by atoms with Crippen molar-refractivity contribution in [3.63, 3.8) is 0 Å². The zero-order valence-corrected chi connectivity index (χ0v) is 10.8. The van der Waals surface area contributed by atoms with E-state index in [1.54, 1.807) is 0 Å². The van der Waals surface area contributed by atoms with Gasteiger partial charge < -0.3 is 16.4 Å². The Morgan fingerprint density at radius 1 is 1.53 bits per heavy atom. The summed E-state index contributed by atoms with van der Waals surface area (Å²) < 4.78 is 0. The molecule has 1 aromatic carbocycles. The van der Waals surface area contributed by atoms with Crippen molar-refractivity contribution in [2.24, 2.45) is 11.7 Å². The highest BCUT2D eigenvalue weighted by Crippen LogP contribution is 2.36. The van der Waals surface area contributed by atoms with Crippen molar-refractivity contribution < 1.29 is 9.72 Å². The van der Waals surface area contributed by atoms with Crippen LogP contribution in [-0.2, 0) is 4.79 Å². The Labute approximate surface area is 114 Å². The molecule has 0 saturated carbocycles. The largest absolute Gasteiger partial charge is 0.397 e. The van der Waals surface area contributed by atoms with E-state index in [4.69, 9.17) is 23.1 Å². The van der Waals surface area contributed by atoms with Crippen molar-refractivity contribution in [2.75, 3.05) is 23.7 Å². The molecular formula is C11H13ClN4O3. The van der Waals surface area contributed by atoms with Gasteiger partial charge in [0.25, 0.3) is 5.69 Å². The topological polar surface area (TPSA) is 115 Å². The molecule has 2 rings (SSSR count). The summed E-state index contributed by atoms with van der Waals surface area (Å²) >= 11 is 5.83. The number of nitrogens with two attached hydrogens (primary N) is 2. The summed E-state index contributed by atoms with van der Waals surface area (Å²) in [5, 5.41) is 10.7. The van der Waals surface area contributed by atoms with E-state index >= 15 is 0 Å². The molecule has 1 aliphatic heterocycles. The summed E-state index contributed by atoms with van der Waals surface area (Å²) in [6.07, 6.45) is 0.352. The molecule has 0 aliphatic carbocycles. The SMILES string of the molecule is NCC1CC(=O)N(c2cc(Cl)c([N+](=O)[O-])cc2N)C1. The van der Waals surface area contributed by atoms with Gasteiger partial charge in [-0.15, -0.1) is 0 Å². The van der Waals surface area contributed by atoms with Crippen LogP contribution in [0.4, 0.5) is 17.1 Å². The van der Waals surface area contributed by atoms with E-state index in [0.29, 0.717) is 25.2 Å². The Hall–Kier alpha value is -1.86. The molecule has 1 unspecified atom stereocenters. The number of rotatable bonds is 3. The number of halogens is 1. The standard InChI is InChI=1S/C11H13ClN4O3/c12-7-2-10(8(14)3-9(7)16(18)19)15-5-6(4-13)1-11(15)17/h2-3,6H,1,4-5,13-14H2. The molecule has 1 fully saturated rings. The van der Waals surface area contributed by atoms with Crippen molar-refractivity contribution in [1.29, 1.82) is 0 Å². The van der Waals surface area contributed by atoms with E-state index in [-0.39, 0.29) is 28.2 Å². The Bertz CT molecular complexity index is 549. The van der Waals surface area contributed by atoms with Gasteiger partial charge in [-0.1, -0.05) is 11.6 Å². The number of nitrogens with zero attached hydrogens (tertiary/aromatic N) is 2. The maximum atomic E-state index is 11.9. The molecule has 1 saturated heterocycles. The first kappa shape index (κ1) is 13.6. The third-order valence-electron chi connectivity index (χ3n) is 3.12. The van der Waals surface area contributed by atoms with E-state index in [9.17, 15) is 14.9 Å². The van der Waals surface area contributed by atoms with Crippen LogP contribution in [-0.4, -0.2) is 23.9 Å². The number of nitrogen functional groups attached to an aromatic ring is 1. The van der Waals surface area contributed by atoms with E-state index in [1.165, 1.54) is 17.0 Å². The number of amides is 1. The van der Waals surface area contributed by atoms with Crippen LogP contribution in [0.15, 0.2) is 12.1 Å². The molecule has 0 radical (unpaired) electrons. The predicted molar refractivity (Wildman–Crippen MR) is 72.0 cm³/mol. The summed E-state index contributed by atoms with van der Waals surface area (Å²) in [5.41, 5.74) is 11.6. The first-order chi connectivity index (χ1) is 8.93. The van der Waals surface area contributed by atoms with Crippen LogP contribution in [0, 0.1) is 16.0 Å². The van der Waals surface area contributed by atoms with Crippen molar-refractivity contribution in [2.45, 2.75) is 6.42 Å². The van der Waals surface area contributed by atoms with Crippen molar-refractivity contribution in [3.8, 4) is 0 Å². The molecule has 1 heterocycles. The van der Waals surface area contributed by atoms with Crippen molar-refractivity contribution >= 4 is 34.6 Å². The maximum absolute atomic E-state index is 11.9. The minimum atomic E-state index is -0.614. The zero-order valence-electron chi connectivity index (χ0n) is 10.0. The number of benzene rings is 1. The summed E-state index contributed by atoms with van der Waals surface area (Å²) in [5.74, 6) is -0.0343. The Balaban J connectivity index is 2.39. The van der Waals surface area contributed by atoms with Crippen molar-refractivity contribution in [3.05, 3.63) is 27.3 Å². The molecule has 19 heavy (non-hydrogen) atoms. The molecule has 1 aliphatic rings. The van der Waals surface area contributed by atoms with Crippen LogP contribution >= 0.6 is 11.6 Å². The van der Waals surface area contributed by atoms with Gasteiger partial charge in [0.15, 0.2) is 0 Å². The average Bonchev–Trinajstić information content (AvgIpc) is 2.72. The van der Waals surface area contributed by atoms with Crippen LogP contribution in [0.5, 0.6) is 0 Å². The van der Waals surface area contributed by atoms with Gasteiger partial charge in [0.2, 0.25) is 5.91 Å². The smallest absolute Gasteiger partial charge is 0.290 e. The third-order valence-corrected chi connectivity index (χ3v) is 3.42. The predicted octanol–water partition coefficient (Wildman–Crippen LogP) is 1.14. The fourth-order valence-corrected chi connectivity index (χ4v) is 2.34. The van der Waals surface area contributed by atoms with Crippen LogP contribution < -0.4 is 16.4 Å². The molecular weight excluding hydrogens is 272 g/mol. The van der Waals surface area contributed by atoms with E-state index in [2.05, 4.69) is 0 Å². The fraction of sp³-hybridized carbons (Fsp3) is 0.364. The molecule has 1 aromatic rings. The van der Waals surface area contributed by atoms with Gasteiger partial charge in [0.05, 0.1) is 16.3 Å². The second-order valence-electron chi connectivity index (χ2n) is 4.43. The Kier molecular flexibility index (Phi) is 3.59. The molecule has 1 atom stereocenters. The lowest BCUT2D eigenvalue weighted by atomic mass is 10.1. The highest BCUT2D eigenvalue weighted by Gasteiger charge is 2.31. The highest BCUT2D eigenvalue weighted by molar-refractivity contribution is 6.33.